The highest BCUT2D eigenvalue weighted by Gasteiger charge is 2.15. The van der Waals surface area contributed by atoms with Gasteiger partial charge >= 0.3 is 0 Å². The fraction of sp³-hybridized carbons (Fsp3) is 0.462. The lowest BCUT2D eigenvalue weighted by Gasteiger charge is -2.20. The highest BCUT2D eigenvalue weighted by Crippen LogP contribution is 2.11. The molecule has 0 bridgehead atoms. The van der Waals surface area contributed by atoms with Crippen molar-refractivity contribution in [2.75, 3.05) is 12.8 Å². The first-order valence-corrected chi connectivity index (χ1v) is 5.64. The van der Waals surface area contributed by atoms with E-state index in [4.69, 9.17) is 5.73 Å². The van der Waals surface area contributed by atoms with Gasteiger partial charge in [0.2, 0.25) is 5.91 Å². The average molecular weight is 220 g/mol. The van der Waals surface area contributed by atoms with E-state index in [2.05, 4.69) is 0 Å². The molecule has 1 amide bonds. The minimum atomic E-state index is 0.0961. The summed E-state index contributed by atoms with van der Waals surface area (Å²) in [7, 11) is 1.84. The Morgan fingerprint density at radius 3 is 2.44 bits per heavy atom. The molecule has 0 saturated heterocycles. The molecule has 1 unspecified atom stereocenters. The summed E-state index contributed by atoms with van der Waals surface area (Å²) in [5, 5.41) is 0. The van der Waals surface area contributed by atoms with Crippen molar-refractivity contribution in [2.24, 2.45) is 5.92 Å². The van der Waals surface area contributed by atoms with Gasteiger partial charge in [0, 0.05) is 25.2 Å². The maximum atomic E-state index is 11.8. The second kappa shape index (κ2) is 5.54. The number of nitrogens with zero attached hydrogens (tertiary/aromatic N) is 1. The SMILES string of the molecule is CCC(C)C(=O)N(C)Cc1ccc(N)cc1. The third-order valence-electron chi connectivity index (χ3n) is 2.81. The first-order chi connectivity index (χ1) is 7.54. The van der Waals surface area contributed by atoms with Gasteiger partial charge in [-0.25, -0.2) is 0 Å². The van der Waals surface area contributed by atoms with E-state index in [9.17, 15) is 4.79 Å². The van der Waals surface area contributed by atoms with E-state index in [0.717, 1.165) is 17.7 Å². The molecule has 0 saturated carbocycles. The van der Waals surface area contributed by atoms with Crippen molar-refractivity contribution in [1.82, 2.24) is 4.90 Å². The number of carbonyl (C=O) groups is 1. The lowest BCUT2D eigenvalue weighted by atomic mass is 10.1. The van der Waals surface area contributed by atoms with E-state index in [0.29, 0.717) is 6.54 Å². The molecule has 16 heavy (non-hydrogen) atoms. The van der Waals surface area contributed by atoms with E-state index >= 15 is 0 Å². The van der Waals surface area contributed by atoms with Crippen LogP contribution in [-0.2, 0) is 11.3 Å². The summed E-state index contributed by atoms with van der Waals surface area (Å²) < 4.78 is 0. The molecule has 1 aromatic carbocycles. The fourth-order valence-electron chi connectivity index (χ4n) is 1.53. The van der Waals surface area contributed by atoms with Gasteiger partial charge in [0.05, 0.1) is 0 Å². The zero-order valence-corrected chi connectivity index (χ0v) is 10.2. The third-order valence-corrected chi connectivity index (χ3v) is 2.81. The molecule has 1 rings (SSSR count). The zero-order chi connectivity index (χ0) is 12.1. The normalized spacial score (nSPS) is 12.2. The van der Waals surface area contributed by atoms with Crippen molar-refractivity contribution in [2.45, 2.75) is 26.8 Å². The molecule has 1 atom stereocenters. The summed E-state index contributed by atoms with van der Waals surface area (Å²) in [5.41, 5.74) is 7.46. The summed E-state index contributed by atoms with van der Waals surface area (Å²) in [6.07, 6.45) is 0.880. The van der Waals surface area contributed by atoms with Crippen LogP contribution in [0.5, 0.6) is 0 Å². The highest BCUT2D eigenvalue weighted by atomic mass is 16.2. The predicted molar refractivity (Wildman–Crippen MR) is 66.8 cm³/mol. The van der Waals surface area contributed by atoms with Crippen molar-refractivity contribution in [3.8, 4) is 0 Å². The van der Waals surface area contributed by atoms with Crippen LogP contribution in [0.3, 0.4) is 0 Å². The maximum Gasteiger partial charge on any atom is 0.225 e. The third kappa shape index (κ3) is 3.26. The average Bonchev–Trinajstić information content (AvgIpc) is 2.30. The van der Waals surface area contributed by atoms with Crippen LogP contribution in [0.25, 0.3) is 0 Å². The molecule has 0 aliphatic heterocycles. The number of hydrogen-bond acceptors (Lipinski definition) is 2. The van der Waals surface area contributed by atoms with Gasteiger partial charge in [0.15, 0.2) is 0 Å². The summed E-state index contributed by atoms with van der Waals surface area (Å²) in [6, 6.07) is 7.62. The molecule has 0 aliphatic rings. The minimum absolute atomic E-state index is 0.0961. The van der Waals surface area contributed by atoms with E-state index < -0.39 is 0 Å². The molecule has 3 nitrogen and oxygen atoms in total. The molecule has 0 aliphatic carbocycles. The molecule has 1 aromatic rings. The summed E-state index contributed by atoms with van der Waals surface area (Å²) in [4.78, 5) is 13.6. The van der Waals surface area contributed by atoms with Crippen LogP contribution < -0.4 is 5.73 Å². The smallest absolute Gasteiger partial charge is 0.225 e. The second-order valence-corrected chi connectivity index (χ2v) is 4.25. The van der Waals surface area contributed by atoms with Crippen LogP contribution in [0.15, 0.2) is 24.3 Å². The number of nitrogen functional groups attached to an aromatic ring is 1. The van der Waals surface area contributed by atoms with E-state index in [1.807, 2.05) is 45.2 Å². The molecule has 0 radical (unpaired) electrons. The molecular weight excluding hydrogens is 200 g/mol. The van der Waals surface area contributed by atoms with E-state index in [-0.39, 0.29) is 11.8 Å². The Bertz CT molecular complexity index is 345. The largest absolute Gasteiger partial charge is 0.399 e. The summed E-state index contributed by atoms with van der Waals surface area (Å²) in [5.74, 6) is 0.290. The number of anilines is 1. The molecule has 0 heterocycles. The monoisotopic (exact) mass is 220 g/mol. The fourth-order valence-corrected chi connectivity index (χ4v) is 1.53. The van der Waals surface area contributed by atoms with Crippen molar-refractivity contribution in [1.29, 1.82) is 0 Å². The highest BCUT2D eigenvalue weighted by molar-refractivity contribution is 5.78. The number of hydrogen-bond donors (Lipinski definition) is 1. The lowest BCUT2D eigenvalue weighted by molar-refractivity contribution is -0.134. The lowest BCUT2D eigenvalue weighted by Crippen LogP contribution is -2.30. The number of nitrogens with two attached hydrogens (primary N) is 1. The molecule has 2 N–H and O–H groups in total. The second-order valence-electron chi connectivity index (χ2n) is 4.25. The summed E-state index contributed by atoms with van der Waals surface area (Å²) in [6.45, 7) is 4.63. The van der Waals surface area contributed by atoms with E-state index in [1.54, 1.807) is 4.90 Å². The van der Waals surface area contributed by atoms with Crippen LogP contribution in [-0.4, -0.2) is 17.9 Å². The predicted octanol–water partition coefficient (Wildman–Crippen LogP) is 2.27. The Morgan fingerprint density at radius 1 is 1.38 bits per heavy atom. The van der Waals surface area contributed by atoms with Crippen LogP contribution in [0.4, 0.5) is 5.69 Å². The number of amides is 1. The molecule has 0 spiro atoms. The van der Waals surface area contributed by atoms with Gasteiger partial charge in [0.25, 0.3) is 0 Å². The quantitative estimate of drug-likeness (QED) is 0.791. The Morgan fingerprint density at radius 2 is 1.94 bits per heavy atom. The maximum absolute atomic E-state index is 11.8. The Hall–Kier alpha value is -1.51. The van der Waals surface area contributed by atoms with Crippen LogP contribution in [0.1, 0.15) is 25.8 Å². The molecule has 0 aromatic heterocycles. The number of rotatable bonds is 4. The van der Waals surface area contributed by atoms with Crippen molar-refractivity contribution in [3.63, 3.8) is 0 Å². The Kier molecular flexibility index (Phi) is 4.35. The molecule has 88 valence electrons. The van der Waals surface area contributed by atoms with Crippen LogP contribution in [0, 0.1) is 5.92 Å². The summed E-state index contributed by atoms with van der Waals surface area (Å²) >= 11 is 0. The van der Waals surface area contributed by atoms with Crippen molar-refractivity contribution >= 4 is 11.6 Å². The first-order valence-electron chi connectivity index (χ1n) is 5.64. The molecule has 3 heteroatoms. The van der Waals surface area contributed by atoms with Gasteiger partial charge in [0.1, 0.15) is 0 Å². The molecular formula is C13H20N2O. The van der Waals surface area contributed by atoms with Gasteiger partial charge in [-0.15, -0.1) is 0 Å². The van der Waals surface area contributed by atoms with Gasteiger partial charge in [-0.3, -0.25) is 4.79 Å². The van der Waals surface area contributed by atoms with Gasteiger partial charge in [-0.1, -0.05) is 26.0 Å². The van der Waals surface area contributed by atoms with Gasteiger partial charge in [-0.2, -0.15) is 0 Å². The molecule has 0 fully saturated rings. The zero-order valence-electron chi connectivity index (χ0n) is 10.2. The van der Waals surface area contributed by atoms with Crippen molar-refractivity contribution < 1.29 is 4.79 Å². The van der Waals surface area contributed by atoms with Gasteiger partial charge in [-0.05, 0) is 24.1 Å². The van der Waals surface area contributed by atoms with Crippen molar-refractivity contribution in [3.05, 3.63) is 29.8 Å². The van der Waals surface area contributed by atoms with E-state index in [1.165, 1.54) is 0 Å². The first kappa shape index (κ1) is 12.6. The number of carbonyl (C=O) groups excluding carboxylic acids is 1. The Balaban J connectivity index is 2.60. The number of benzene rings is 1. The standard InChI is InChI=1S/C13H20N2O/c1-4-10(2)13(16)15(3)9-11-5-7-12(14)8-6-11/h5-8,10H,4,9,14H2,1-3H3. The Labute approximate surface area is 97.2 Å². The van der Waals surface area contributed by atoms with Gasteiger partial charge < -0.3 is 10.6 Å². The topological polar surface area (TPSA) is 46.3 Å². The van der Waals surface area contributed by atoms with Crippen LogP contribution in [0.2, 0.25) is 0 Å². The van der Waals surface area contributed by atoms with Crippen LogP contribution >= 0.6 is 0 Å². The minimum Gasteiger partial charge on any atom is -0.399 e.